The third-order valence-corrected chi connectivity index (χ3v) is 3.29. The first-order chi connectivity index (χ1) is 6.36. The normalized spacial score (nSPS) is 32.5. The van der Waals surface area contributed by atoms with E-state index in [4.69, 9.17) is 0 Å². The molecular weight excluding hydrogens is 162 g/mol. The first-order valence-electron chi connectivity index (χ1n) is 5.42. The lowest BCUT2D eigenvalue weighted by Crippen LogP contribution is -2.46. The molecule has 1 radical (unpaired) electrons. The zero-order chi connectivity index (χ0) is 9.10. The van der Waals surface area contributed by atoms with Crippen molar-refractivity contribution in [3.8, 4) is 0 Å². The van der Waals surface area contributed by atoms with E-state index in [1.807, 2.05) is 0 Å². The summed E-state index contributed by atoms with van der Waals surface area (Å²) in [6.07, 6.45) is 2.78. The maximum Gasteiger partial charge on any atom is 0.0261 e. The van der Waals surface area contributed by atoms with Gasteiger partial charge in [-0.3, -0.25) is 4.90 Å². The second kappa shape index (κ2) is 4.40. The van der Waals surface area contributed by atoms with Crippen LogP contribution < -0.4 is 5.32 Å². The number of nitrogens with zero attached hydrogens (tertiary/aromatic N) is 3. The molecule has 3 heteroatoms. The van der Waals surface area contributed by atoms with E-state index in [2.05, 4.69) is 22.2 Å². The third kappa shape index (κ3) is 2.42. The topological polar surface area (TPSA) is 20.6 Å². The van der Waals surface area contributed by atoms with E-state index in [0.29, 0.717) is 0 Å². The molecule has 0 aromatic carbocycles. The molecule has 0 amide bonds. The Balaban J connectivity index is 1.75. The predicted octanol–water partition coefficient (Wildman–Crippen LogP) is 0.000600. The first-order valence-corrected chi connectivity index (χ1v) is 5.42. The van der Waals surface area contributed by atoms with Gasteiger partial charge in [-0.1, -0.05) is 0 Å². The van der Waals surface area contributed by atoms with Crippen molar-refractivity contribution in [1.82, 2.24) is 15.1 Å². The highest BCUT2D eigenvalue weighted by atomic mass is 15.2. The molecule has 2 aliphatic rings. The van der Waals surface area contributed by atoms with Crippen molar-refractivity contribution in [1.29, 1.82) is 0 Å². The highest BCUT2D eigenvalue weighted by Gasteiger charge is 2.23. The highest BCUT2D eigenvalue weighted by molar-refractivity contribution is 4.81. The largest absolute Gasteiger partial charge is 0.302 e. The number of piperazine rings is 1. The average Bonchev–Trinajstić information content (AvgIpc) is 2.54. The quantitative estimate of drug-likeness (QED) is 0.599. The van der Waals surface area contributed by atoms with Gasteiger partial charge in [-0.2, -0.15) is 0 Å². The average molecular weight is 182 g/mol. The Morgan fingerprint density at radius 1 is 1.23 bits per heavy atom. The molecule has 0 aromatic heterocycles. The molecule has 2 fully saturated rings. The van der Waals surface area contributed by atoms with E-state index in [1.165, 1.54) is 39.0 Å². The van der Waals surface area contributed by atoms with E-state index in [9.17, 15) is 0 Å². The Labute approximate surface area is 81.1 Å². The second-order valence-corrected chi connectivity index (χ2v) is 4.25. The smallest absolute Gasteiger partial charge is 0.0261 e. The van der Waals surface area contributed by atoms with Gasteiger partial charge in [0, 0.05) is 38.8 Å². The Bertz CT molecular complexity index is 154. The van der Waals surface area contributed by atoms with Crippen molar-refractivity contribution < 1.29 is 0 Å². The van der Waals surface area contributed by atoms with Gasteiger partial charge in [0.2, 0.25) is 0 Å². The summed E-state index contributed by atoms with van der Waals surface area (Å²) in [6, 6.07) is 0.818. The highest BCUT2D eigenvalue weighted by Crippen LogP contribution is 2.15. The van der Waals surface area contributed by atoms with Crippen LogP contribution in [0.4, 0.5) is 0 Å². The van der Waals surface area contributed by atoms with Gasteiger partial charge < -0.3 is 4.90 Å². The fraction of sp³-hybridized carbons (Fsp3) is 1.00. The lowest BCUT2D eigenvalue weighted by Gasteiger charge is -2.31. The minimum Gasteiger partial charge on any atom is -0.302 e. The summed E-state index contributed by atoms with van der Waals surface area (Å²) in [4.78, 5) is 5.07. The van der Waals surface area contributed by atoms with Crippen molar-refractivity contribution in [2.75, 3.05) is 46.3 Å². The first kappa shape index (κ1) is 9.44. The van der Waals surface area contributed by atoms with Crippen LogP contribution in [0.15, 0.2) is 0 Å². The van der Waals surface area contributed by atoms with Gasteiger partial charge in [0.05, 0.1) is 0 Å². The lowest BCUT2D eigenvalue weighted by atomic mass is 10.2. The molecule has 0 N–H and O–H groups in total. The van der Waals surface area contributed by atoms with E-state index >= 15 is 0 Å². The molecule has 2 aliphatic heterocycles. The second-order valence-electron chi connectivity index (χ2n) is 4.25. The minimum absolute atomic E-state index is 0.818. The van der Waals surface area contributed by atoms with Crippen molar-refractivity contribution in [3.63, 3.8) is 0 Å². The molecule has 0 spiro atoms. The van der Waals surface area contributed by atoms with Gasteiger partial charge in [-0.25, -0.2) is 5.32 Å². The fourth-order valence-corrected chi connectivity index (χ4v) is 2.34. The molecule has 0 unspecified atom stereocenters. The standard InChI is InChI=1S/C10H20N3/c1-12-6-2-3-10(12)9-13-7-4-11-5-8-13/h10H,2-9H2,1H3/t10-/m0/s1. The summed E-state index contributed by atoms with van der Waals surface area (Å²) in [6.45, 7) is 7.04. The fourth-order valence-electron chi connectivity index (χ4n) is 2.34. The Kier molecular flexibility index (Phi) is 3.19. The Morgan fingerprint density at radius 3 is 2.62 bits per heavy atom. The molecule has 1 atom stereocenters. The molecule has 0 aromatic rings. The third-order valence-electron chi connectivity index (χ3n) is 3.29. The predicted molar refractivity (Wildman–Crippen MR) is 54.0 cm³/mol. The number of likely N-dealkylation sites (tertiary alicyclic amines) is 1. The molecule has 2 saturated heterocycles. The van der Waals surface area contributed by atoms with Gasteiger partial charge in [0.15, 0.2) is 0 Å². The van der Waals surface area contributed by atoms with Crippen molar-refractivity contribution >= 4 is 0 Å². The van der Waals surface area contributed by atoms with Crippen LogP contribution in [0.3, 0.4) is 0 Å². The molecule has 2 rings (SSSR count). The summed E-state index contributed by atoms with van der Waals surface area (Å²) in [7, 11) is 2.26. The Hall–Kier alpha value is -0.120. The molecule has 2 heterocycles. The summed E-state index contributed by atoms with van der Waals surface area (Å²) >= 11 is 0. The molecule has 0 saturated carbocycles. The monoisotopic (exact) mass is 182 g/mol. The van der Waals surface area contributed by atoms with Crippen LogP contribution in [0.25, 0.3) is 0 Å². The van der Waals surface area contributed by atoms with Crippen molar-refractivity contribution in [3.05, 3.63) is 0 Å². The maximum atomic E-state index is 4.37. The van der Waals surface area contributed by atoms with E-state index in [0.717, 1.165) is 19.1 Å². The van der Waals surface area contributed by atoms with Crippen LogP contribution in [0.1, 0.15) is 12.8 Å². The van der Waals surface area contributed by atoms with Gasteiger partial charge >= 0.3 is 0 Å². The van der Waals surface area contributed by atoms with Gasteiger partial charge in [-0.05, 0) is 26.4 Å². The van der Waals surface area contributed by atoms with Crippen LogP contribution in [-0.2, 0) is 0 Å². The number of likely N-dealkylation sites (N-methyl/N-ethyl adjacent to an activating group) is 1. The van der Waals surface area contributed by atoms with Gasteiger partial charge in [0.1, 0.15) is 0 Å². The molecular formula is C10H20N3. The van der Waals surface area contributed by atoms with Crippen LogP contribution >= 0.6 is 0 Å². The van der Waals surface area contributed by atoms with Crippen LogP contribution in [-0.4, -0.2) is 62.2 Å². The summed E-state index contributed by atoms with van der Waals surface area (Å²) < 4.78 is 0. The molecule has 0 aliphatic carbocycles. The van der Waals surface area contributed by atoms with E-state index in [1.54, 1.807) is 0 Å². The lowest BCUT2D eigenvalue weighted by molar-refractivity contribution is 0.175. The number of hydrogen-bond acceptors (Lipinski definition) is 2. The molecule has 75 valence electrons. The maximum absolute atomic E-state index is 4.37. The zero-order valence-corrected chi connectivity index (χ0v) is 8.58. The molecule has 0 bridgehead atoms. The van der Waals surface area contributed by atoms with E-state index < -0.39 is 0 Å². The van der Waals surface area contributed by atoms with Crippen LogP contribution in [0.2, 0.25) is 0 Å². The molecule has 13 heavy (non-hydrogen) atoms. The summed E-state index contributed by atoms with van der Waals surface area (Å²) in [5.74, 6) is 0. The van der Waals surface area contributed by atoms with Gasteiger partial charge in [0.25, 0.3) is 0 Å². The van der Waals surface area contributed by atoms with Crippen LogP contribution in [0.5, 0.6) is 0 Å². The summed E-state index contributed by atoms with van der Waals surface area (Å²) in [5.41, 5.74) is 0. The zero-order valence-electron chi connectivity index (χ0n) is 8.58. The number of hydrogen-bond donors (Lipinski definition) is 0. The number of rotatable bonds is 2. The molecule has 3 nitrogen and oxygen atoms in total. The van der Waals surface area contributed by atoms with Gasteiger partial charge in [-0.15, -0.1) is 0 Å². The minimum atomic E-state index is 0.818. The van der Waals surface area contributed by atoms with Crippen LogP contribution in [0, 0.1) is 0 Å². The van der Waals surface area contributed by atoms with Crippen molar-refractivity contribution in [2.24, 2.45) is 0 Å². The van der Waals surface area contributed by atoms with Crippen molar-refractivity contribution in [2.45, 2.75) is 18.9 Å². The Morgan fingerprint density at radius 2 is 2.00 bits per heavy atom. The van der Waals surface area contributed by atoms with E-state index in [-0.39, 0.29) is 0 Å². The summed E-state index contributed by atoms with van der Waals surface area (Å²) in [5, 5.41) is 4.37. The SMILES string of the molecule is CN1CCC[C@H]1CN1CC[N]CC1.